The predicted molar refractivity (Wildman–Crippen MR) is 88.1 cm³/mol. The maximum Gasteiger partial charge on any atom is 0.323 e. The predicted octanol–water partition coefficient (Wildman–Crippen LogP) is 3.82. The number of rotatable bonds is 2. The summed E-state index contributed by atoms with van der Waals surface area (Å²) in [5.74, 6) is -3.59. The topological polar surface area (TPSA) is 53.2 Å². The Morgan fingerprint density at radius 3 is 2.50 bits per heavy atom. The molecule has 3 N–H and O–H groups in total. The lowest BCUT2D eigenvalue weighted by molar-refractivity contribution is 0.262. The Bertz CT molecular complexity index is 770. The van der Waals surface area contributed by atoms with E-state index in [1.54, 1.807) is 6.07 Å². The molecule has 0 radical (unpaired) electrons. The van der Waals surface area contributed by atoms with Gasteiger partial charge in [-0.05, 0) is 36.2 Å². The van der Waals surface area contributed by atoms with Crippen molar-refractivity contribution >= 4 is 29.8 Å². The Morgan fingerprint density at radius 2 is 1.71 bits per heavy atom. The van der Waals surface area contributed by atoms with E-state index < -0.39 is 29.2 Å². The molecule has 0 spiro atoms. The molecule has 0 bridgehead atoms. The lowest BCUT2D eigenvalue weighted by Crippen LogP contribution is -2.24. The third-order valence-corrected chi connectivity index (χ3v) is 3.61. The summed E-state index contributed by atoms with van der Waals surface area (Å²) in [6.45, 7) is 1.64. The summed E-state index contributed by atoms with van der Waals surface area (Å²) >= 11 is 0. The summed E-state index contributed by atoms with van der Waals surface area (Å²) in [6.07, 6.45) is 0.851. The van der Waals surface area contributed by atoms with Gasteiger partial charge in [-0.2, -0.15) is 0 Å². The molecule has 1 aliphatic rings. The molecule has 0 saturated heterocycles. The van der Waals surface area contributed by atoms with Gasteiger partial charge in [0, 0.05) is 24.4 Å². The third-order valence-electron chi connectivity index (χ3n) is 3.61. The van der Waals surface area contributed by atoms with Crippen LogP contribution in [0.4, 0.5) is 29.3 Å². The molecule has 128 valence electrons. The van der Waals surface area contributed by atoms with E-state index in [1.807, 2.05) is 12.1 Å². The molecule has 2 aromatic rings. The summed E-state index contributed by atoms with van der Waals surface area (Å²) in [4.78, 5) is 11.9. The van der Waals surface area contributed by atoms with E-state index in [2.05, 4.69) is 16.0 Å². The van der Waals surface area contributed by atoms with Gasteiger partial charge in [0.25, 0.3) is 0 Å². The van der Waals surface area contributed by atoms with Gasteiger partial charge >= 0.3 is 6.03 Å². The molecule has 4 nitrogen and oxygen atoms in total. The van der Waals surface area contributed by atoms with E-state index >= 15 is 0 Å². The van der Waals surface area contributed by atoms with Crippen LogP contribution in [-0.4, -0.2) is 12.6 Å². The lowest BCUT2D eigenvalue weighted by atomic mass is 10.0. The molecule has 3 rings (SSSR count). The summed E-state index contributed by atoms with van der Waals surface area (Å²) in [7, 11) is 0. The van der Waals surface area contributed by atoms with Gasteiger partial charge in [0.1, 0.15) is 5.82 Å². The summed E-state index contributed by atoms with van der Waals surface area (Å²) < 4.78 is 39.5. The molecule has 2 amide bonds. The number of benzene rings is 2. The maximum atomic E-state index is 13.5. The van der Waals surface area contributed by atoms with E-state index in [9.17, 15) is 18.0 Å². The Balaban J connectivity index is 0.00000208. The lowest BCUT2D eigenvalue weighted by Gasteiger charge is -2.18. The zero-order valence-corrected chi connectivity index (χ0v) is 13.3. The minimum atomic E-state index is -1.31. The molecule has 1 heterocycles. The fourth-order valence-electron chi connectivity index (χ4n) is 2.46. The van der Waals surface area contributed by atoms with Crippen molar-refractivity contribution in [2.24, 2.45) is 0 Å². The zero-order chi connectivity index (χ0) is 16.4. The molecule has 24 heavy (non-hydrogen) atoms. The van der Waals surface area contributed by atoms with Gasteiger partial charge in [0.2, 0.25) is 0 Å². The highest BCUT2D eigenvalue weighted by Gasteiger charge is 2.13. The summed E-state index contributed by atoms with van der Waals surface area (Å²) in [6, 6.07) is 5.72. The molecule has 2 aromatic carbocycles. The number of anilines is 2. The Kier molecular flexibility index (Phi) is 5.69. The molecular weight excluding hydrogens is 343 g/mol. The van der Waals surface area contributed by atoms with Crippen molar-refractivity contribution in [1.29, 1.82) is 0 Å². The van der Waals surface area contributed by atoms with Crippen LogP contribution in [0.3, 0.4) is 0 Å². The molecule has 0 atom stereocenters. The second-order valence-electron chi connectivity index (χ2n) is 5.24. The normalized spacial score (nSPS) is 12.8. The number of fused-ring (bicyclic) bond motifs is 1. The number of carbonyl (C=O) groups excluding carboxylic acids is 1. The fraction of sp³-hybridized carbons (Fsp3) is 0.188. The van der Waals surface area contributed by atoms with E-state index in [0.717, 1.165) is 30.6 Å². The second kappa shape index (κ2) is 7.55. The number of urea groups is 1. The van der Waals surface area contributed by atoms with Crippen molar-refractivity contribution in [2.75, 3.05) is 17.2 Å². The minimum Gasteiger partial charge on any atom is -0.312 e. The van der Waals surface area contributed by atoms with Crippen LogP contribution in [0.1, 0.15) is 11.1 Å². The van der Waals surface area contributed by atoms with Gasteiger partial charge in [0.15, 0.2) is 11.6 Å². The third kappa shape index (κ3) is 3.98. The van der Waals surface area contributed by atoms with E-state index in [1.165, 1.54) is 0 Å². The van der Waals surface area contributed by atoms with Crippen molar-refractivity contribution in [2.45, 2.75) is 13.0 Å². The van der Waals surface area contributed by atoms with Crippen molar-refractivity contribution in [3.05, 3.63) is 58.9 Å². The first-order valence-electron chi connectivity index (χ1n) is 7.08. The number of amides is 2. The van der Waals surface area contributed by atoms with Crippen molar-refractivity contribution < 1.29 is 18.0 Å². The first-order valence-corrected chi connectivity index (χ1v) is 7.08. The molecule has 0 aromatic heterocycles. The van der Waals surface area contributed by atoms with Crippen LogP contribution in [0.25, 0.3) is 0 Å². The van der Waals surface area contributed by atoms with Gasteiger partial charge < -0.3 is 16.0 Å². The molecule has 0 saturated carbocycles. The van der Waals surface area contributed by atoms with Crippen molar-refractivity contribution in [3.8, 4) is 0 Å². The van der Waals surface area contributed by atoms with Gasteiger partial charge in [-0.1, -0.05) is 6.07 Å². The standard InChI is InChI=1S/C16H14F3N3O.ClH/c17-12-6-14(19)15(7-13(12)18)22-16(23)21-11-2-1-10-8-20-4-3-9(10)5-11;/h1-2,5-7,20H,3-4,8H2,(H2,21,22,23);1H. The van der Waals surface area contributed by atoms with Crippen LogP contribution >= 0.6 is 12.4 Å². The van der Waals surface area contributed by atoms with Crippen molar-refractivity contribution in [3.63, 3.8) is 0 Å². The molecular formula is C16H15ClF3N3O. The quantitative estimate of drug-likeness (QED) is 0.716. The molecule has 0 aliphatic carbocycles. The van der Waals surface area contributed by atoms with E-state index in [0.29, 0.717) is 17.8 Å². The van der Waals surface area contributed by atoms with Gasteiger partial charge in [-0.3, -0.25) is 0 Å². The number of halogens is 4. The average Bonchev–Trinajstić information content (AvgIpc) is 2.52. The van der Waals surface area contributed by atoms with E-state index in [4.69, 9.17) is 0 Å². The highest BCUT2D eigenvalue weighted by Crippen LogP contribution is 2.21. The van der Waals surface area contributed by atoms with Crippen LogP contribution in [-0.2, 0) is 13.0 Å². The largest absolute Gasteiger partial charge is 0.323 e. The average molecular weight is 358 g/mol. The van der Waals surface area contributed by atoms with E-state index in [-0.39, 0.29) is 12.4 Å². The number of nitrogens with one attached hydrogen (secondary N) is 3. The Morgan fingerprint density at radius 1 is 0.958 bits per heavy atom. The highest BCUT2D eigenvalue weighted by molar-refractivity contribution is 5.99. The summed E-state index contributed by atoms with van der Waals surface area (Å²) in [5, 5.41) is 7.95. The SMILES string of the molecule is Cl.O=C(Nc1ccc2c(c1)CCNC2)Nc1cc(F)c(F)cc1F. The number of hydrogen-bond acceptors (Lipinski definition) is 2. The zero-order valence-electron chi connectivity index (χ0n) is 12.5. The number of carbonyl (C=O) groups is 1. The fourth-order valence-corrected chi connectivity index (χ4v) is 2.46. The van der Waals surface area contributed by atoms with Crippen LogP contribution in [0.15, 0.2) is 30.3 Å². The first kappa shape index (κ1) is 18.1. The maximum absolute atomic E-state index is 13.5. The second-order valence-corrected chi connectivity index (χ2v) is 5.24. The van der Waals surface area contributed by atoms with Gasteiger partial charge in [0.05, 0.1) is 5.69 Å². The highest BCUT2D eigenvalue weighted by atomic mass is 35.5. The molecule has 0 unspecified atom stereocenters. The van der Waals surface area contributed by atoms with Gasteiger partial charge in [-0.15, -0.1) is 12.4 Å². The van der Waals surface area contributed by atoms with Crippen molar-refractivity contribution in [1.82, 2.24) is 5.32 Å². The Hall–Kier alpha value is -2.25. The smallest absolute Gasteiger partial charge is 0.312 e. The van der Waals surface area contributed by atoms with Crippen LogP contribution < -0.4 is 16.0 Å². The van der Waals surface area contributed by atoms with Gasteiger partial charge in [-0.25, -0.2) is 18.0 Å². The summed E-state index contributed by atoms with van der Waals surface area (Å²) in [5.41, 5.74) is 2.41. The molecule has 1 aliphatic heterocycles. The van der Waals surface area contributed by atoms with Crippen LogP contribution in [0.5, 0.6) is 0 Å². The molecule has 0 fully saturated rings. The molecule has 8 heteroatoms. The first-order chi connectivity index (χ1) is 11.0. The monoisotopic (exact) mass is 357 g/mol. The minimum absolute atomic E-state index is 0. The van der Waals surface area contributed by atoms with Crippen LogP contribution in [0, 0.1) is 17.5 Å². The van der Waals surface area contributed by atoms with Crippen LogP contribution in [0.2, 0.25) is 0 Å². The Labute approximate surface area is 142 Å². The number of hydrogen-bond donors (Lipinski definition) is 3.